The lowest BCUT2D eigenvalue weighted by molar-refractivity contribution is -0.0986. The molecule has 0 aromatic rings. The summed E-state index contributed by atoms with van der Waals surface area (Å²) < 4.78 is 10.3. The Morgan fingerprint density at radius 3 is 2.44 bits per heavy atom. The predicted molar refractivity (Wildman–Crippen MR) is 74.8 cm³/mol. The first-order valence-corrected chi connectivity index (χ1v) is 7.24. The molecule has 4 nitrogen and oxygen atoms in total. The van der Waals surface area contributed by atoms with Gasteiger partial charge >= 0.3 is 0 Å². The van der Waals surface area contributed by atoms with Gasteiger partial charge in [-0.3, -0.25) is 0 Å². The lowest BCUT2D eigenvalue weighted by Crippen LogP contribution is -2.36. The summed E-state index contributed by atoms with van der Waals surface area (Å²) in [5.41, 5.74) is 0. The highest BCUT2D eigenvalue weighted by Crippen LogP contribution is 2.21. The molecule has 0 radical (unpaired) electrons. The first kappa shape index (κ1) is 15.9. The molecule has 0 aromatic heterocycles. The van der Waals surface area contributed by atoms with Crippen molar-refractivity contribution in [2.24, 2.45) is 0 Å². The maximum Gasteiger partial charge on any atom is 0.169 e. The summed E-state index contributed by atoms with van der Waals surface area (Å²) in [5, 5.41) is 3.37. The maximum atomic E-state index is 5.13. The number of nitrogens with one attached hydrogen (secondary N) is 1. The molecular weight excluding hydrogens is 228 g/mol. The van der Waals surface area contributed by atoms with Gasteiger partial charge in [-0.05, 0) is 39.4 Å². The smallest absolute Gasteiger partial charge is 0.169 e. The van der Waals surface area contributed by atoms with Crippen molar-refractivity contribution >= 4 is 0 Å². The zero-order chi connectivity index (χ0) is 13.2. The maximum absolute atomic E-state index is 5.13. The number of hydrogen-bond acceptors (Lipinski definition) is 4. The largest absolute Gasteiger partial charge is 0.355 e. The minimum atomic E-state index is -0.124. The number of nitrogens with zero attached hydrogens (tertiary/aromatic N) is 1. The third kappa shape index (κ3) is 6.14. The molecule has 18 heavy (non-hydrogen) atoms. The molecular formula is C14H30N2O2. The minimum absolute atomic E-state index is 0.124. The van der Waals surface area contributed by atoms with Gasteiger partial charge in [0.25, 0.3) is 0 Å². The Morgan fingerprint density at radius 1 is 1.17 bits per heavy atom. The molecule has 1 N–H and O–H groups in total. The van der Waals surface area contributed by atoms with E-state index in [0.717, 1.165) is 19.1 Å². The second-order valence-electron chi connectivity index (χ2n) is 5.23. The van der Waals surface area contributed by atoms with Crippen LogP contribution in [-0.4, -0.2) is 58.1 Å². The van der Waals surface area contributed by atoms with E-state index in [1.54, 1.807) is 14.2 Å². The molecule has 0 aromatic carbocycles. The van der Waals surface area contributed by atoms with E-state index < -0.39 is 0 Å². The predicted octanol–water partition coefficient (Wildman–Crippen LogP) is 1.85. The van der Waals surface area contributed by atoms with E-state index >= 15 is 0 Å². The van der Waals surface area contributed by atoms with Crippen LogP contribution in [-0.2, 0) is 9.47 Å². The second-order valence-corrected chi connectivity index (χ2v) is 5.23. The summed E-state index contributed by atoms with van der Waals surface area (Å²) in [7, 11) is 5.61. The Kier molecular flexibility index (Phi) is 8.59. The van der Waals surface area contributed by atoms with Crippen molar-refractivity contribution in [2.75, 3.05) is 40.9 Å². The fourth-order valence-electron chi connectivity index (χ4n) is 2.64. The second kappa shape index (κ2) is 9.73. The molecule has 0 unspecified atom stereocenters. The van der Waals surface area contributed by atoms with Crippen molar-refractivity contribution in [1.82, 2.24) is 10.2 Å². The monoisotopic (exact) mass is 258 g/mol. The molecule has 0 amide bonds. The first-order chi connectivity index (χ1) is 8.77. The highest BCUT2D eigenvalue weighted by molar-refractivity contribution is 4.73. The Hall–Kier alpha value is -0.160. The van der Waals surface area contributed by atoms with E-state index in [2.05, 4.69) is 17.3 Å². The normalized spacial score (nSPS) is 17.8. The van der Waals surface area contributed by atoms with Gasteiger partial charge in [-0.25, -0.2) is 0 Å². The average molecular weight is 258 g/mol. The topological polar surface area (TPSA) is 33.7 Å². The molecule has 0 saturated heterocycles. The number of hydrogen-bond donors (Lipinski definition) is 1. The molecule has 108 valence electrons. The van der Waals surface area contributed by atoms with Crippen molar-refractivity contribution in [1.29, 1.82) is 0 Å². The van der Waals surface area contributed by atoms with Gasteiger partial charge in [-0.15, -0.1) is 0 Å². The van der Waals surface area contributed by atoms with Crippen molar-refractivity contribution in [2.45, 2.75) is 50.9 Å². The van der Waals surface area contributed by atoms with Gasteiger partial charge in [0.15, 0.2) is 6.29 Å². The highest BCUT2D eigenvalue weighted by Gasteiger charge is 2.17. The summed E-state index contributed by atoms with van der Waals surface area (Å²) >= 11 is 0. The van der Waals surface area contributed by atoms with Gasteiger partial charge in [0, 0.05) is 26.8 Å². The summed E-state index contributed by atoms with van der Waals surface area (Å²) in [5.74, 6) is 0. The van der Waals surface area contributed by atoms with Crippen LogP contribution < -0.4 is 5.32 Å². The van der Waals surface area contributed by atoms with E-state index in [4.69, 9.17) is 9.47 Å². The molecule has 0 spiro atoms. The molecule has 0 heterocycles. The van der Waals surface area contributed by atoms with Crippen LogP contribution in [0.25, 0.3) is 0 Å². The summed E-state index contributed by atoms with van der Waals surface area (Å²) in [6.07, 6.45) is 8.10. The van der Waals surface area contributed by atoms with Crippen LogP contribution >= 0.6 is 0 Å². The van der Waals surface area contributed by atoms with Crippen LogP contribution in [0.2, 0.25) is 0 Å². The lowest BCUT2D eigenvalue weighted by Gasteiger charge is -2.31. The summed E-state index contributed by atoms with van der Waals surface area (Å²) in [6.45, 7) is 2.97. The minimum Gasteiger partial charge on any atom is -0.355 e. The van der Waals surface area contributed by atoms with Gasteiger partial charge in [0.2, 0.25) is 0 Å². The van der Waals surface area contributed by atoms with E-state index in [-0.39, 0.29) is 6.29 Å². The van der Waals surface area contributed by atoms with Gasteiger partial charge in [0.1, 0.15) is 0 Å². The SMILES string of the molecule is COC(CNCCCN(C)C1CCCCC1)OC. The molecule has 1 aliphatic carbocycles. The van der Waals surface area contributed by atoms with Crippen LogP contribution in [0.1, 0.15) is 38.5 Å². The van der Waals surface area contributed by atoms with Crippen LogP contribution in [0, 0.1) is 0 Å². The molecule has 0 bridgehead atoms. The molecule has 4 heteroatoms. The van der Waals surface area contributed by atoms with Crippen molar-refractivity contribution in [3.8, 4) is 0 Å². The molecule has 1 aliphatic rings. The summed E-state index contributed by atoms with van der Waals surface area (Å²) in [4.78, 5) is 2.53. The van der Waals surface area contributed by atoms with Crippen LogP contribution in [0.4, 0.5) is 0 Å². The Bertz CT molecular complexity index is 192. The third-order valence-electron chi connectivity index (χ3n) is 3.90. The van der Waals surface area contributed by atoms with Gasteiger partial charge in [0.05, 0.1) is 0 Å². The van der Waals surface area contributed by atoms with Crippen LogP contribution in [0.5, 0.6) is 0 Å². The quantitative estimate of drug-likeness (QED) is 0.505. The summed E-state index contributed by atoms with van der Waals surface area (Å²) in [6, 6.07) is 0.824. The van der Waals surface area contributed by atoms with Crippen molar-refractivity contribution in [3.05, 3.63) is 0 Å². The molecule has 1 saturated carbocycles. The number of ether oxygens (including phenoxy) is 2. The van der Waals surface area contributed by atoms with Gasteiger partial charge in [-0.2, -0.15) is 0 Å². The fraction of sp³-hybridized carbons (Fsp3) is 1.00. The Labute approximate surface area is 112 Å². The molecule has 1 fully saturated rings. The third-order valence-corrected chi connectivity index (χ3v) is 3.90. The Morgan fingerprint density at radius 2 is 1.83 bits per heavy atom. The van der Waals surface area contributed by atoms with Crippen molar-refractivity contribution < 1.29 is 9.47 Å². The van der Waals surface area contributed by atoms with Gasteiger partial charge < -0.3 is 19.7 Å². The van der Waals surface area contributed by atoms with Crippen LogP contribution in [0.3, 0.4) is 0 Å². The highest BCUT2D eigenvalue weighted by atomic mass is 16.7. The number of methoxy groups -OCH3 is 2. The van der Waals surface area contributed by atoms with Gasteiger partial charge in [-0.1, -0.05) is 19.3 Å². The molecule has 1 rings (SSSR count). The first-order valence-electron chi connectivity index (χ1n) is 7.24. The lowest BCUT2D eigenvalue weighted by atomic mass is 9.94. The van der Waals surface area contributed by atoms with Crippen molar-refractivity contribution in [3.63, 3.8) is 0 Å². The van der Waals surface area contributed by atoms with Crippen LogP contribution in [0.15, 0.2) is 0 Å². The zero-order valence-electron chi connectivity index (χ0n) is 12.3. The average Bonchev–Trinajstić information content (AvgIpc) is 2.43. The van der Waals surface area contributed by atoms with E-state index in [9.17, 15) is 0 Å². The Balaban J connectivity index is 1.99. The zero-order valence-corrected chi connectivity index (χ0v) is 12.3. The standard InChI is InChI=1S/C14H30N2O2/c1-16(13-8-5-4-6-9-13)11-7-10-15-12-14(17-2)18-3/h13-15H,4-12H2,1-3H3. The number of rotatable bonds is 9. The molecule has 0 aliphatic heterocycles. The van der Waals surface area contributed by atoms with E-state index in [1.165, 1.54) is 45.1 Å². The van der Waals surface area contributed by atoms with E-state index in [1.807, 2.05) is 0 Å². The fourth-order valence-corrected chi connectivity index (χ4v) is 2.64. The molecule has 0 atom stereocenters. The van der Waals surface area contributed by atoms with E-state index in [0.29, 0.717) is 0 Å².